The molecule has 0 amide bonds. The van der Waals surface area contributed by atoms with Crippen molar-refractivity contribution in [2.24, 2.45) is 0 Å². The number of hydrogen-bond acceptors (Lipinski definition) is 6. The minimum absolute atomic E-state index is 0.426. The first-order valence-corrected chi connectivity index (χ1v) is 6.57. The van der Waals surface area contributed by atoms with E-state index in [2.05, 4.69) is 5.32 Å². The summed E-state index contributed by atoms with van der Waals surface area (Å²) in [6.45, 7) is 2.04. The fourth-order valence-corrected chi connectivity index (χ4v) is 1.91. The molecule has 0 aliphatic carbocycles. The van der Waals surface area contributed by atoms with Gasteiger partial charge in [-0.2, -0.15) is 0 Å². The first kappa shape index (κ1) is 14.8. The largest absolute Gasteiger partial charge is 0.463 e. The van der Waals surface area contributed by atoms with E-state index >= 15 is 0 Å². The van der Waals surface area contributed by atoms with Crippen LogP contribution in [0.1, 0.15) is 12.5 Å². The van der Waals surface area contributed by atoms with Gasteiger partial charge in [-0.25, -0.2) is 0 Å². The summed E-state index contributed by atoms with van der Waals surface area (Å²) in [6.07, 6.45) is -0.924. The van der Waals surface area contributed by atoms with Gasteiger partial charge in [-0.3, -0.25) is 0 Å². The van der Waals surface area contributed by atoms with Gasteiger partial charge in [0.1, 0.15) is 5.75 Å². The summed E-state index contributed by atoms with van der Waals surface area (Å²) in [5.74, 6) is 0.426. The third kappa shape index (κ3) is 3.93. The van der Waals surface area contributed by atoms with Crippen LogP contribution in [-0.2, 0) is 6.54 Å². The lowest BCUT2D eigenvalue weighted by atomic mass is 10.1. The molecule has 0 aliphatic heterocycles. The Hall–Kier alpha value is -2.60. The molecule has 8 N–H and O–H groups in total. The molecule has 0 saturated heterocycles. The maximum absolute atomic E-state index is 9.27. The van der Waals surface area contributed by atoms with E-state index in [1.54, 1.807) is 24.3 Å². The fourth-order valence-electron chi connectivity index (χ4n) is 1.91. The molecular formula is C15H20N4O2. The van der Waals surface area contributed by atoms with E-state index in [1.165, 1.54) is 6.92 Å². The monoisotopic (exact) mass is 288 g/mol. The lowest BCUT2D eigenvalue weighted by Gasteiger charge is -2.14. The number of hydrogen-bond donors (Lipinski definition) is 5. The maximum Gasteiger partial charge on any atom is 0.194 e. The summed E-state index contributed by atoms with van der Waals surface area (Å²) >= 11 is 0. The zero-order chi connectivity index (χ0) is 15.4. The maximum atomic E-state index is 9.27. The predicted molar refractivity (Wildman–Crippen MR) is 85.8 cm³/mol. The van der Waals surface area contributed by atoms with Gasteiger partial charge in [-0.15, -0.1) is 0 Å². The Morgan fingerprint density at radius 1 is 1.10 bits per heavy atom. The van der Waals surface area contributed by atoms with Crippen molar-refractivity contribution in [2.45, 2.75) is 19.8 Å². The van der Waals surface area contributed by atoms with Crippen molar-refractivity contribution in [3.8, 4) is 5.75 Å². The highest BCUT2D eigenvalue weighted by Gasteiger charge is 2.06. The molecule has 0 bridgehead atoms. The van der Waals surface area contributed by atoms with Gasteiger partial charge in [-0.1, -0.05) is 0 Å². The number of ether oxygens (including phenoxy) is 1. The Kier molecular flexibility index (Phi) is 4.39. The Morgan fingerprint density at radius 3 is 2.52 bits per heavy atom. The van der Waals surface area contributed by atoms with Crippen molar-refractivity contribution in [1.29, 1.82) is 0 Å². The van der Waals surface area contributed by atoms with E-state index in [1.807, 2.05) is 12.1 Å². The zero-order valence-corrected chi connectivity index (χ0v) is 11.8. The molecule has 0 heterocycles. The second-order valence-corrected chi connectivity index (χ2v) is 4.78. The summed E-state index contributed by atoms with van der Waals surface area (Å²) in [6, 6.07) is 10.6. The van der Waals surface area contributed by atoms with Gasteiger partial charge < -0.3 is 32.4 Å². The SMILES string of the molecule is CC(O)Oc1cc(NCc2cc(N)ccc2N)ccc1N. The molecule has 1 unspecified atom stereocenters. The van der Waals surface area contributed by atoms with Crippen LogP contribution in [0.5, 0.6) is 5.75 Å². The molecular weight excluding hydrogens is 268 g/mol. The number of nitrogens with two attached hydrogens (primary N) is 3. The number of nitrogens with one attached hydrogen (secondary N) is 1. The second-order valence-electron chi connectivity index (χ2n) is 4.78. The van der Waals surface area contributed by atoms with Gasteiger partial charge in [0.05, 0.1) is 5.69 Å². The second kappa shape index (κ2) is 6.23. The van der Waals surface area contributed by atoms with Gasteiger partial charge >= 0.3 is 0 Å². The third-order valence-corrected chi connectivity index (χ3v) is 2.96. The zero-order valence-electron chi connectivity index (χ0n) is 11.8. The highest BCUT2D eigenvalue weighted by molar-refractivity contribution is 5.62. The number of aliphatic hydroxyl groups is 1. The molecule has 0 aliphatic rings. The fraction of sp³-hybridized carbons (Fsp3) is 0.200. The van der Waals surface area contributed by atoms with Crippen molar-refractivity contribution in [3.05, 3.63) is 42.0 Å². The normalized spacial score (nSPS) is 11.9. The first-order valence-electron chi connectivity index (χ1n) is 6.57. The van der Waals surface area contributed by atoms with Crippen LogP contribution >= 0.6 is 0 Å². The van der Waals surface area contributed by atoms with E-state index in [0.717, 1.165) is 11.3 Å². The van der Waals surface area contributed by atoms with E-state index in [9.17, 15) is 5.11 Å². The Bertz CT molecular complexity index is 629. The molecule has 2 aromatic rings. The average molecular weight is 288 g/mol. The predicted octanol–water partition coefficient (Wildman–Crippen LogP) is 1.76. The van der Waals surface area contributed by atoms with Crippen LogP contribution in [-0.4, -0.2) is 11.4 Å². The molecule has 6 heteroatoms. The van der Waals surface area contributed by atoms with Crippen molar-refractivity contribution in [3.63, 3.8) is 0 Å². The minimum Gasteiger partial charge on any atom is -0.463 e. The van der Waals surface area contributed by atoms with Gasteiger partial charge in [0.25, 0.3) is 0 Å². The Balaban J connectivity index is 2.11. The van der Waals surface area contributed by atoms with E-state index in [4.69, 9.17) is 21.9 Å². The summed E-state index contributed by atoms with van der Waals surface area (Å²) in [5.41, 5.74) is 21.0. The average Bonchev–Trinajstić information content (AvgIpc) is 2.42. The van der Waals surface area contributed by atoms with Crippen LogP contribution in [0, 0.1) is 0 Å². The van der Waals surface area contributed by atoms with Gasteiger partial charge in [0.2, 0.25) is 0 Å². The molecule has 0 saturated carbocycles. The van der Waals surface area contributed by atoms with Crippen molar-refractivity contribution >= 4 is 22.7 Å². The third-order valence-electron chi connectivity index (χ3n) is 2.96. The highest BCUT2D eigenvalue weighted by Crippen LogP contribution is 2.27. The van der Waals surface area contributed by atoms with E-state index in [0.29, 0.717) is 29.4 Å². The van der Waals surface area contributed by atoms with Crippen molar-refractivity contribution in [1.82, 2.24) is 0 Å². The molecule has 0 aromatic heterocycles. The van der Waals surface area contributed by atoms with Crippen LogP contribution in [0.4, 0.5) is 22.7 Å². The number of anilines is 4. The summed E-state index contributed by atoms with van der Waals surface area (Å²) < 4.78 is 5.23. The molecule has 2 rings (SSSR count). The molecule has 112 valence electrons. The van der Waals surface area contributed by atoms with E-state index < -0.39 is 6.29 Å². The molecule has 6 nitrogen and oxygen atoms in total. The van der Waals surface area contributed by atoms with Crippen LogP contribution < -0.4 is 27.3 Å². The van der Waals surface area contributed by atoms with Gasteiger partial charge in [0, 0.05) is 29.7 Å². The number of benzene rings is 2. The number of nitrogen functional groups attached to an aromatic ring is 3. The minimum atomic E-state index is -0.924. The molecule has 0 radical (unpaired) electrons. The van der Waals surface area contributed by atoms with Crippen LogP contribution in [0.3, 0.4) is 0 Å². The molecule has 1 atom stereocenters. The van der Waals surface area contributed by atoms with Crippen molar-refractivity contribution < 1.29 is 9.84 Å². The summed E-state index contributed by atoms with van der Waals surface area (Å²) in [7, 11) is 0. The van der Waals surface area contributed by atoms with Crippen LogP contribution in [0.2, 0.25) is 0 Å². The Labute approximate surface area is 123 Å². The van der Waals surface area contributed by atoms with Crippen molar-refractivity contribution in [2.75, 3.05) is 22.5 Å². The first-order chi connectivity index (χ1) is 9.95. The lowest BCUT2D eigenvalue weighted by molar-refractivity contribution is 0.000320. The molecule has 2 aromatic carbocycles. The topological polar surface area (TPSA) is 120 Å². The van der Waals surface area contributed by atoms with Gasteiger partial charge in [-0.05, 0) is 42.8 Å². The summed E-state index contributed by atoms with van der Waals surface area (Å²) in [5, 5.41) is 12.5. The van der Waals surface area contributed by atoms with Gasteiger partial charge in [0.15, 0.2) is 6.29 Å². The quantitative estimate of drug-likeness (QED) is 0.422. The number of rotatable bonds is 5. The van der Waals surface area contributed by atoms with Crippen LogP contribution in [0.25, 0.3) is 0 Å². The highest BCUT2D eigenvalue weighted by atomic mass is 16.6. The standard InChI is InChI=1S/C15H20N4O2/c1-9(20)21-15-7-12(3-5-14(15)18)19-8-10-6-11(16)2-4-13(10)17/h2-7,9,19-20H,8,16-18H2,1H3. The molecule has 0 spiro atoms. The molecule has 0 fully saturated rings. The molecule has 21 heavy (non-hydrogen) atoms. The summed E-state index contributed by atoms with van der Waals surface area (Å²) in [4.78, 5) is 0. The smallest absolute Gasteiger partial charge is 0.194 e. The van der Waals surface area contributed by atoms with E-state index in [-0.39, 0.29) is 0 Å². The van der Waals surface area contributed by atoms with Crippen LogP contribution in [0.15, 0.2) is 36.4 Å². The number of aliphatic hydroxyl groups excluding tert-OH is 1. The Morgan fingerprint density at radius 2 is 1.81 bits per heavy atom. The lowest BCUT2D eigenvalue weighted by Crippen LogP contribution is -2.11.